The number of nitrogens with one attached hydrogen (secondary N) is 2. The Kier molecular flexibility index (Phi) is 15.6. The van der Waals surface area contributed by atoms with Crippen LogP contribution >= 0.6 is 0 Å². The number of aliphatic carboxylic acids is 1. The summed E-state index contributed by atoms with van der Waals surface area (Å²) in [5.41, 5.74) is 5.77. The van der Waals surface area contributed by atoms with Gasteiger partial charge in [-0.05, 0) is 57.4 Å². The van der Waals surface area contributed by atoms with Crippen molar-refractivity contribution in [1.82, 2.24) is 19.8 Å². The van der Waals surface area contributed by atoms with E-state index in [2.05, 4.69) is 15.0 Å². The third-order valence-corrected chi connectivity index (χ3v) is 8.43. The first-order valence-corrected chi connectivity index (χ1v) is 17.8. The zero-order valence-corrected chi connectivity index (χ0v) is 29.6. The van der Waals surface area contributed by atoms with Crippen molar-refractivity contribution < 1.29 is 60.1 Å². The predicted octanol–water partition coefficient (Wildman–Crippen LogP) is 1.39. The molecular formula is C31H45F3N6O10S. The number of aliphatic imine (C=N–C) groups is 1. The van der Waals surface area contributed by atoms with Gasteiger partial charge in [0, 0.05) is 33.1 Å². The van der Waals surface area contributed by atoms with Crippen LogP contribution in [0, 0.1) is 5.92 Å². The normalized spacial score (nSPS) is 17.9. The van der Waals surface area contributed by atoms with Crippen molar-refractivity contribution in [2.45, 2.75) is 76.7 Å². The highest BCUT2D eigenvalue weighted by atomic mass is 32.2. The second-order valence-corrected chi connectivity index (χ2v) is 14.5. The van der Waals surface area contributed by atoms with E-state index in [0.717, 1.165) is 11.8 Å². The number of sulfonamides is 1. The molecule has 2 aliphatic heterocycles. The van der Waals surface area contributed by atoms with Gasteiger partial charge < -0.3 is 35.4 Å². The summed E-state index contributed by atoms with van der Waals surface area (Å²) in [6, 6.07) is 7.43. The number of piperidine rings is 1. The van der Waals surface area contributed by atoms with Gasteiger partial charge in [-0.1, -0.05) is 30.3 Å². The number of hydrogen-bond donors (Lipinski definition) is 4. The molecule has 2 atom stereocenters. The number of rotatable bonds is 11. The van der Waals surface area contributed by atoms with Crippen LogP contribution in [-0.4, -0.2) is 122 Å². The molecule has 0 bridgehead atoms. The SMILES string of the molecule is CC(=O)OCC(C)(C)OC(=O)/N=C(\N)N1CCC(CNC(=O)[C@@H]2CCCN2C(=O)[C@@H](Cc2ccccc2)NS(C)(=O)=O)CC1.O=C(O)C(F)(F)F. The number of guanidine groups is 1. The first kappa shape index (κ1) is 42.7. The maximum Gasteiger partial charge on any atom is 0.490 e. The van der Waals surface area contributed by atoms with Gasteiger partial charge in [-0.2, -0.15) is 13.2 Å². The average molecular weight is 751 g/mol. The Morgan fingerprint density at radius 3 is 2.18 bits per heavy atom. The van der Waals surface area contributed by atoms with Crippen molar-refractivity contribution in [2.75, 3.05) is 39.0 Å². The number of halogens is 3. The Morgan fingerprint density at radius 2 is 1.65 bits per heavy atom. The molecule has 2 heterocycles. The molecule has 0 aliphatic carbocycles. The van der Waals surface area contributed by atoms with E-state index in [1.165, 1.54) is 11.8 Å². The van der Waals surface area contributed by atoms with Crippen LogP contribution in [0.5, 0.6) is 0 Å². The molecule has 20 heteroatoms. The zero-order valence-electron chi connectivity index (χ0n) is 28.8. The summed E-state index contributed by atoms with van der Waals surface area (Å²) in [6.07, 6.45) is -2.27. The Bertz CT molecular complexity index is 1520. The lowest BCUT2D eigenvalue weighted by Gasteiger charge is -2.33. The molecule has 5 N–H and O–H groups in total. The second-order valence-electron chi connectivity index (χ2n) is 12.7. The molecule has 3 rings (SSSR count). The van der Waals surface area contributed by atoms with Gasteiger partial charge in [-0.3, -0.25) is 14.4 Å². The molecule has 0 radical (unpaired) electrons. The third-order valence-electron chi connectivity index (χ3n) is 7.71. The van der Waals surface area contributed by atoms with E-state index in [1.807, 2.05) is 30.3 Å². The fourth-order valence-corrected chi connectivity index (χ4v) is 5.95. The van der Waals surface area contributed by atoms with E-state index >= 15 is 0 Å². The lowest BCUT2D eigenvalue weighted by molar-refractivity contribution is -0.192. The van der Waals surface area contributed by atoms with E-state index in [9.17, 15) is 40.8 Å². The Hall–Kier alpha value is -4.46. The van der Waals surface area contributed by atoms with Gasteiger partial charge >= 0.3 is 24.2 Å². The summed E-state index contributed by atoms with van der Waals surface area (Å²) >= 11 is 0. The van der Waals surface area contributed by atoms with Crippen molar-refractivity contribution >= 4 is 45.8 Å². The van der Waals surface area contributed by atoms with Crippen LogP contribution in [0.25, 0.3) is 0 Å². The fourth-order valence-electron chi connectivity index (χ4n) is 5.25. The molecule has 2 aliphatic rings. The molecule has 0 unspecified atom stereocenters. The van der Waals surface area contributed by atoms with Gasteiger partial charge in [0.1, 0.15) is 24.3 Å². The Morgan fingerprint density at radius 1 is 1.06 bits per heavy atom. The van der Waals surface area contributed by atoms with Crippen LogP contribution in [0.3, 0.4) is 0 Å². The minimum atomic E-state index is -5.08. The number of nitrogens with zero attached hydrogens (tertiary/aromatic N) is 3. The monoisotopic (exact) mass is 750 g/mol. The van der Waals surface area contributed by atoms with E-state index in [4.69, 9.17) is 25.1 Å². The number of benzene rings is 1. The number of alkyl halides is 3. The van der Waals surface area contributed by atoms with Gasteiger partial charge in [-0.15, -0.1) is 4.99 Å². The standard InChI is InChI=1S/C29H44N6O8S.C2HF3O2/c1-20(36)42-19-29(2,3)43-28(39)32-27(30)34-15-12-22(13-16-34)18-31-25(37)24-11-8-14-35(24)26(38)23(33-44(4,40)41)17-21-9-6-5-7-10-21;3-2(4,5)1(6)7/h5-7,9-10,22-24,33H,8,11-19H2,1-4H3,(H,31,37)(H2,30,32,39);(H,6,7)/t23-,24+;/m1./s1. The van der Waals surface area contributed by atoms with Crippen molar-refractivity contribution in [2.24, 2.45) is 16.6 Å². The van der Waals surface area contributed by atoms with Gasteiger partial charge in [-0.25, -0.2) is 22.7 Å². The minimum Gasteiger partial charge on any atom is -0.475 e. The number of likely N-dealkylation sites (tertiary alicyclic amines) is 2. The number of carbonyl (C=O) groups excluding carboxylic acids is 4. The van der Waals surface area contributed by atoms with Crippen molar-refractivity contribution in [1.29, 1.82) is 0 Å². The van der Waals surface area contributed by atoms with E-state index in [0.29, 0.717) is 51.9 Å². The quantitative estimate of drug-likeness (QED) is 0.143. The van der Waals surface area contributed by atoms with Crippen LogP contribution in [-0.2, 0) is 45.1 Å². The first-order chi connectivity index (χ1) is 23.6. The van der Waals surface area contributed by atoms with Gasteiger partial charge in [0.25, 0.3) is 0 Å². The molecule has 0 saturated carbocycles. The van der Waals surface area contributed by atoms with Crippen molar-refractivity contribution in [3.8, 4) is 0 Å². The lowest BCUT2D eigenvalue weighted by atomic mass is 9.97. The number of carbonyl (C=O) groups is 5. The maximum absolute atomic E-state index is 13.5. The molecule has 16 nitrogen and oxygen atoms in total. The molecular weight excluding hydrogens is 705 g/mol. The van der Waals surface area contributed by atoms with E-state index < -0.39 is 57.8 Å². The Labute approximate surface area is 293 Å². The van der Waals surface area contributed by atoms with E-state index in [-0.39, 0.29) is 30.8 Å². The average Bonchev–Trinajstić information content (AvgIpc) is 3.52. The summed E-state index contributed by atoms with van der Waals surface area (Å²) in [5.74, 6) is -3.76. The maximum atomic E-state index is 13.5. The van der Waals surface area contributed by atoms with Crippen LogP contribution < -0.4 is 15.8 Å². The largest absolute Gasteiger partial charge is 0.490 e. The molecule has 2 fully saturated rings. The number of hydrogen-bond acceptors (Lipinski definition) is 9. The summed E-state index contributed by atoms with van der Waals surface area (Å²) in [4.78, 5) is 65.9. The summed E-state index contributed by atoms with van der Waals surface area (Å²) in [7, 11) is -3.67. The van der Waals surface area contributed by atoms with Gasteiger partial charge in [0.2, 0.25) is 27.8 Å². The number of nitrogens with two attached hydrogens (primary N) is 1. The number of carboxylic acid groups (broad SMARTS) is 1. The first-order valence-electron chi connectivity index (χ1n) is 15.9. The molecule has 51 heavy (non-hydrogen) atoms. The van der Waals surface area contributed by atoms with Crippen LogP contribution in [0.15, 0.2) is 35.3 Å². The van der Waals surface area contributed by atoms with Gasteiger partial charge in [0.15, 0.2) is 0 Å². The number of amides is 3. The second kappa shape index (κ2) is 18.7. The summed E-state index contributed by atoms with van der Waals surface area (Å²) < 4.78 is 68.4. The van der Waals surface area contributed by atoms with E-state index in [1.54, 1.807) is 18.7 Å². The van der Waals surface area contributed by atoms with Crippen LogP contribution in [0.2, 0.25) is 0 Å². The number of carboxylic acids is 1. The predicted molar refractivity (Wildman–Crippen MR) is 176 cm³/mol. The van der Waals surface area contributed by atoms with Gasteiger partial charge in [0.05, 0.1) is 6.26 Å². The zero-order chi connectivity index (χ0) is 38.6. The molecule has 0 spiro atoms. The third kappa shape index (κ3) is 15.5. The molecule has 286 valence electrons. The smallest absolute Gasteiger partial charge is 0.475 e. The molecule has 3 amide bonds. The highest BCUT2D eigenvalue weighted by molar-refractivity contribution is 7.88. The topological polar surface area (TPSA) is 227 Å². The molecule has 1 aromatic carbocycles. The van der Waals surface area contributed by atoms with Crippen molar-refractivity contribution in [3.05, 3.63) is 35.9 Å². The highest BCUT2D eigenvalue weighted by Gasteiger charge is 2.39. The Balaban J connectivity index is 0.00000116. The van der Waals surface area contributed by atoms with Crippen molar-refractivity contribution in [3.63, 3.8) is 0 Å². The highest BCUT2D eigenvalue weighted by Crippen LogP contribution is 2.22. The number of ether oxygens (including phenoxy) is 2. The fraction of sp³-hybridized carbons (Fsp3) is 0.613. The summed E-state index contributed by atoms with van der Waals surface area (Å²) in [5, 5.41) is 10.1. The molecule has 2 saturated heterocycles. The minimum absolute atomic E-state index is 0.0219. The van der Waals surface area contributed by atoms with Crippen LogP contribution in [0.4, 0.5) is 18.0 Å². The number of esters is 1. The molecule has 1 aromatic rings. The van der Waals surface area contributed by atoms with Crippen LogP contribution in [0.1, 0.15) is 52.0 Å². The molecule has 0 aromatic heterocycles. The lowest BCUT2D eigenvalue weighted by Crippen LogP contribution is -2.54. The summed E-state index contributed by atoms with van der Waals surface area (Å²) in [6.45, 7) is 6.15.